The van der Waals surface area contributed by atoms with E-state index in [2.05, 4.69) is 26.8 Å². The molecule has 2 atom stereocenters. The van der Waals surface area contributed by atoms with Crippen LogP contribution in [0.2, 0.25) is 0 Å². The minimum atomic E-state index is -3.46. The van der Waals surface area contributed by atoms with E-state index in [0.717, 1.165) is 16.7 Å². The van der Waals surface area contributed by atoms with Gasteiger partial charge in [0.1, 0.15) is 17.3 Å². The molecule has 6 rings (SSSR count). The molecule has 49 heavy (non-hydrogen) atoms. The Morgan fingerprint density at radius 2 is 1.82 bits per heavy atom. The zero-order chi connectivity index (χ0) is 35.4. The highest BCUT2D eigenvalue weighted by Gasteiger charge is 2.36. The number of nitrogens with zero attached hydrogens (tertiary/aromatic N) is 6. The van der Waals surface area contributed by atoms with E-state index in [1.54, 1.807) is 44.4 Å². The number of aryl methyl sites for hydroxylation is 1. The van der Waals surface area contributed by atoms with Crippen LogP contribution in [0.15, 0.2) is 35.3 Å². The first-order chi connectivity index (χ1) is 23.2. The third-order valence-electron chi connectivity index (χ3n) is 8.85. The molecule has 0 N–H and O–H groups in total. The predicted octanol–water partition coefficient (Wildman–Crippen LogP) is 5.79. The summed E-state index contributed by atoms with van der Waals surface area (Å²) < 4.78 is 83.5. The van der Waals surface area contributed by atoms with E-state index in [4.69, 9.17) is 4.74 Å². The molecular weight excluding hydrogens is 647 g/mol. The van der Waals surface area contributed by atoms with Crippen molar-refractivity contribution in [3.8, 4) is 34.5 Å². The maximum absolute atomic E-state index is 16.3. The van der Waals surface area contributed by atoms with Crippen LogP contribution in [0.1, 0.15) is 58.2 Å². The number of halogens is 5. The number of piperazine rings is 1. The van der Waals surface area contributed by atoms with Crippen molar-refractivity contribution >= 4 is 22.8 Å². The first-order valence-corrected chi connectivity index (χ1v) is 15.8. The molecule has 0 radical (unpaired) electrons. The number of ether oxygens (including phenoxy) is 1. The lowest BCUT2D eigenvalue weighted by Crippen LogP contribution is -2.58. The second kappa shape index (κ2) is 12.8. The summed E-state index contributed by atoms with van der Waals surface area (Å²) in [5, 5.41) is 0.0389. The monoisotopic (exact) mass is 680 g/mol. The van der Waals surface area contributed by atoms with E-state index >= 15 is 17.6 Å². The number of hydrogen-bond donors (Lipinski definition) is 0. The third kappa shape index (κ3) is 6.06. The Morgan fingerprint density at radius 1 is 1.06 bits per heavy atom. The lowest BCUT2D eigenvalue weighted by molar-refractivity contribution is -0.127. The molecule has 0 spiro atoms. The van der Waals surface area contributed by atoms with E-state index in [9.17, 15) is 14.0 Å². The second-order valence-electron chi connectivity index (χ2n) is 12.7. The van der Waals surface area contributed by atoms with Crippen LogP contribution in [-0.2, 0) is 11.2 Å². The molecule has 3 aromatic heterocycles. The van der Waals surface area contributed by atoms with E-state index < -0.39 is 65.1 Å². The average Bonchev–Trinajstić information content (AvgIpc) is 3.05. The van der Waals surface area contributed by atoms with Gasteiger partial charge in [0.15, 0.2) is 29.7 Å². The van der Waals surface area contributed by atoms with Gasteiger partial charge in [0, 0.05) is 37.8 Å². The highest BCUT2D eigenvalue weighted by atomic mass is 19.3. The zero-order valence-corrected chi connectivity index (χ0v) is 27.5. The van der Waals surface area contributed by atoms with Gasteiger partial charge in [-0.3, -0.25) is 9.78 Å². The van der Waals surface area contributed by atoms with Crippen LogP contribution in [0.4, 0.5) is 27.8 Å². The van der Waals surface area contributed by atoms with Crippen molar-refractivity contribution in [2.45, 2.75) is 71.4 Å². The van der Waals surface area contributed by atoms with Crippen molar-refractivity contribution in [1.82, 2.24) is 24.4 Å². The van der Waals surface area contributed by atoms with E-state index in [1.165, 1.54) is 12.3 Å². The first-order valence-electron chi connectivity index (χ1n) is 15.8. The molecule has 1 fully saturated rings. The average molecular weight is 681 g/mol. The molecule has 1 saturated heterocycles. The number of aromatic nitrogens is 4. The number of rotatable bonds is 2. The number of carbonyl (C=O) groups excluding carboxylic acids is 1. The third-order valence-corrected chi connectivity index (χ3v) is 8.85. The zero-order valence-electron chi connectivity index (χ0n) is 27.5. The van der Waals surface area contributed by atoms with Gasteiger partial charge in [-0.1, -0.05) is 19.8 Å². The minimum Gasteiger partial charge on any atom is -0.486 e. The van der Waals surface area contributed by atoms with Crippen molar-refractivity contribution in [3.05, 3.63) is 69.7 Å². The predicted molar refractivity (Wildman–Crippen MR) is 173 cm³/mol. The molecular formula is C35H33F5N6O3. The summed E-state index contributed by atoms with van der Waals surface area (Å²) in [6.07, 6.45) is 0.493. The fraction of sp³-hybridized carbons (Fsp3) is 0.400. The van der Waals surface area contributed by atoms with Gasteiger partial charge in [0.2, 0.25) is 0 Å². The SMILES string of the molecule is CC#CC(=O)N1C[C@H](C)N(c2nc(=O)n3c4nc(c(F)cc24)-c2c(ccc(F)c2F)OCC(F)(F)CCc2ccnc(C(C)C)c2-3)C[C@H]1C. The van der Waals surface area contributed by atoms with Crippen LogP contribution in [0, 0.1) is 29.3 Å². The lowest BCUT2D eigenvalue weighted by atomic mass is 9.99. The number of benzene rings is 1. The van der Waals surface area contributed by atoms with E-state index in [0.29, 0.717) is 17.3 Å². The molecule has 0 saturated carbocycles. The Balaban J connectivity index is 1.70. The fourth-order valence-electron chi connectivity index (χ4n) is 6.43. The number of hydrogen-bond acceptors (Lipinski definition) is 7. The summed E-state index contributed by atoms with van der Waals surface area (Å²) in [6, 6.07) is 3.34. The molecule has 0 aliphatic carbocycles. The smallest absolute Gasteiger partial charge is 0.355 e. The number of carbonyl (C=O) groups is 1. The molecule has 2 bridgehead atoms. The minimum absolute atomic E-state index is 0.0389. The van der Waals surface area contributed by atoms with Gasteiger partial charge < -0.3 is 14.5 Å². The van der Waals surface area contributed by atoms with Gasteiger partial charge in [-0.2, -0.15) is 4.98 Å². The number of anilines is 1. The van der Waals surface area contributed by atoms with E-state index in [1.807, 2.05) is 0 Å². The summed E-state index contributed by atoms with van der Waals surface area (Å²) >= 11 is 0. The summed E-state index contributed by atoms with van der Waals surface area (Å²) in [7, 11) is 0. The molecule has 9 nitrogen and oxygen atoms in total. The van der Waals surface area contributed by atoms with Crippen LogP contribution in [-0.4, -0.2) is 68.0 Å². The summed E-state index contributed by atoms with van der Waals surface area (Å²) in [5.41, 5.74) is -1.80. The molecule has 2 aliphatic heterocycles. The molecule has 256 valence electrons. The Morgan fingerprint density at radius 3 is 2.53 bits per heavy atom. The van der Waals surface area contributed by atoms with Gasteiger partial charge >= 0.3 is 5.69 Å². The number of pyridine rings is 2. The maximum atomic E-state index is 16.3. The van der Waals surface area contributed by atoms with Crippen LogP contribution in [0.5, 0.6) is 5.75 Å². The number of amides is 1. The van der Waals surface area contributed by atoms with Crippen molar-refractivity contribution in [1.29, 1.82) is 0 Å². The fourth-order valence-corrected chi connectivity index (χ4v) is 6.43. The molecule has 2 aliphatic rings. The van der Waals surface area contributed by atoms with Crippen LogP contribution in [0.3, 0.4) is 0 Å². The Hall–Kier alpha value is -5.06. The summed E-state index contributed by atoms with van der Waals surface area (Å²) in [5.74, 6) is -3.58. The van der Waals surface area contributed by atoms with Crippen LogP contribution in [0.25, 0.3) is 28.0 Å². The second-order valence-corrected chi connectivity index (χ2v) is 12.7. The Kier molecular flexibility index (Phi) is 8.81. The summed E-state index contributed by atoms with van der Waals surface area (Å²) in [6.45, 7) is 7.97. The van der Waals surface area contributed by atoms with Gasteiger partial charge in [0.25, 0.3) is 11.8 Å². The first kappa shape index (κ1) is 33.8. The van der Waals surface area contributed by atoms with Crippen molar-refractivity contribution in [2.24, 2.45) is 0 Å². The largest absolute Gasteiger partial charge is 0.486 e. The molecule has 14 heteroatoms. The maximum Gasteiger partial charge on any atom is 0.355 e. The van der Waals surface area contributed by atoms with Crippen molar-refractivity contribution in [2.75, 3.05) is 24.6 Å². The number of fused-ring (bicyclic) bond motifs is 5. The molecule has 5 heterocycles. The molecule has 1 amide bonds. The van der Waals surface area contributed by atoms with Gasteiger partial charge in [-0.15, -0.1) is 0 Å². The Bertz CT molecular complexity index is 2110. The molecule has 4 aromatic rings. The lowest BCUT2D eigenvalue weighted by Gasteiger charge is -2.44. The molecule has 1 aromatic carbocycles. The van der Waals surface area contributed by atoms with Gasteiger partial charge in [-0.25, -0.2) is 36.3 Å². The highest BCUT2D eigenvalue weighted by Crippen LogP contribution is 2.40. The van der Waals surface area contributed by atoms with Crippen LogP contribution >= 0.6 is 0 Å². The normalized spacial score (nSPS) is 18.8. The van der Waals surface area contributed by atoms with Gasteiger partial charge in [0.05, 0.1) is 22.3 Å². The quantitative estimate of drug-likeness (QED) is 0.196. The number of alkyl halides is 2. The Labute approximate surface area is 278 Å². The van der Waals surface area contributed by atoms with Crippen molar-refractivity contribution < 1.29 is 31.5 Å². The summed E-state index contributed by atoms with van der Waals surface area (Å²) in [4.78, 5) is 43.7. The van der Waals surface area contributed by atoms with E-state index in [-0.39, 0.29) is 59.9 Å². The van der Waals surface area contributed by atoms with Gasteiger partial charge in [-0.05, 0) is 68.9 Å². The standard InChI is InChI=1S/C35H33F5N6O3/c1-6-7-26(47)44-15-20(5)45(16-19(44)4)32-22-14-24(37)30-27-25(9-8-23(36)28(27)38)49-17-35(39,40)12-10-21-11-13-41-29(18(2)3)31(21)46(33(22)42-30)34(48)43-32/h8-9,11,13-14,18-20H,10,12,15-17H2,1-5H3/t19-,20+/m1/s1. The van der Waals surface area contributed by atoms with Crippen molar-refractivity contribution in [3.63, 3.8) is 0 Å². The highest BCUT2D eigenvalue weighted by molar-refractivity contribution is 5.94. The molecule has 0 unspecified atom stereocenters. The van der Waals surface area contributed by atoms with Crippen LogP contribution < -0.4 is 15.3 Å². The topological polar surface area (TPSA) is 93.5 Å².